The van der Waals surface area contributed by atoms with Crippen molar-refractivity contribution in [2.45, 2.75) is 57.7 Å². The molecule has 1 aliphatic carbocycles. The molecule has 1 rings (SSSR count). The van der Waals surface area contributed by atoms with E-state index in [1.54, 1.807) is 14.0 Å². The second-order valence-electron chi connectivity index (χ2n) is 5.83. The highest BCUT2D eigenvalue weighted by Crippen LogP contribution is 2.30. The van der Waals surface area contributed by atoms with Gasteiger partial charge in [-0.25, -0.2) is 13.1 Å². The van der Waals surface area contributed by atoms with Crippen LogP contribution in [0.15, 0.2) is 0 Å². The molecule has 1 saturated carbocycles. The minimum absolute atomic E-state index is 0.128. The van der Waals surface area contributed by atoms with E-state index in [0.717, 1.165) is 19.3 Å². The Morgan fingerprint density at radius 1 is 1.17 bits per heavy atom. The predicted molar refractivity (Wildman–Crippen MR) is 76.0 cm³/mol. The summed E-state index contributed by atoms with van der Waals surface area (Å²) in [5, 5.41) is 2.55. The highest BCUT2D eigenvalue weighted by atomic mass is 32.2. The number of hydrogen-bond donors (Lipinski definition) is 2. The third kappa shape index (κ3) is 4.21. The van der Waals surface area contributed by atoms with E-state index in [-0.39, 0.29) is 11.3 Å². The quantitative estimate of drug-likeness (QED) is 0.777. The van der Waals surface area contributed by atoms with Gasteiger partial charge >= 0.3 is 0 Å². The molecule has 0 saturated heterocycles. The van der Waals surface area contributed by atoms with E-state index in [0.29, 0.717) is 18.4 Å². The van der Waals surface area contributed by atoms with Crippen LogP contribution in [0.25, 0.3) is 0 Å². The average Bonchev–Trinajstić information content (AvgIpc) is 2.29. The molecule has 0 heterocycles. The fourth-order valence-electron chi connectivity index (χ4n) is 2.83. The lowest BCUT2D eigenvalue weighted by atomic mass is 9.78. The lowest BCUT2D eigenvalue weighted by Crippen LogP contribution is -2.48. The van der Waals surface area contributed by atoms with Crippen molar-refractivity contribution in [2.75, 3.05) is 13.6 Å². The number of rotatable bonds is 6. The van der Waals surface area contributed by atoms with Gasteiger partial charge in [0.1, 0.15) is 0 Å². The zero-order valence-electron chi connectivity index (χ0n) is 12.1. The van der Waals surface area contributed by atoms with Crippen LogP contribution in [0.2, 0.25) is 0 Å². The fraction of sp³-hybridized carbons (Fsp3) is 1.00. The first-order chi connectivity index (χ1) is 8.38. The van der Waals surface area contributed by atoms with Gasteiger partial charge in [-0.15, -0.1) is 0 Å². The van der Waals surface area contributed by atoms with E-state index in [9.17, 15) is 8.42 Å². The molecule has 3 atom stereocenters. The zero-order valence-corrected chi connectivity index (χ0v) is 12.9. The van der Waals surface area contributed by atoms with Crippen LogP contribution in [0.3, 0.4) is 0 Å². The van der Waals surface area contributed by atoms with Gasteiger partial charge in [-0.3, -0.25) is 0 Å². The molecule has 0 aliphatic heterocycles. The Labute approximate surface area is 112 Å². The molecule has 3 unspecified atom stereocenters. The smallest absolute Gasteiger partial charge is 0.215 e. The Hall–Kier alpha value is -0.130. The number of sulfonamides is 1. The van der Waals surface area contributed by atoms with E-state index in [4.69, 9.17) is 0 Å². The summed E-state index contributed by atoms with van der Waals surface area (Å²) in [5.74, 6) is 1.02. The second-order valence-corrected chi connectivity index (χ2v) is 7.96. The van der Waals surface area contributed by atoms with Crippen LogP contribution in [-0.4, -0.2) is 33.3 Å². The van der Waals surface area contributed by atoms with Crippen LogP contribution < -0.4 is 10.0 Å². The summed E-state index contributed by atoms with van der Waals surface area (Å²) in [7, 11) is -1.42. The van der Waals surface area contributed by atoms with E-state index in [2.05, 4.69) is 23.9 Å². The highest BCUT2D eigenvalue weighted by molar-refractivity contribution is 7.90. The standard InChI is InChI=1S/C13H28N2O2S/c1-10(2)12-7-5-6-8-13(12)15-18(16,17)11(3)9-14-4/h10-15H,5-9H2,1-4H3. The molecule has 18 heavy (non-hydrogen) atoms. The molecule has 0 aromatic heterocycles. The maximum absolute atomic E-state index is 12.2. The molecule has 2 N–H and O–H groups in total. The van der Waals surface area contributed by atoms with Crippen LogP contribution in [0.1, 0.15) is 46.5 Å². The predicted octanol–water partition coefficient (Wildman–Crippen LogP) is 1.73. The van der Waals surface area contributed by atoms with E-state index in [1.165, 1.54) is 6.42 Å². The molecular formula is C13H28N2O2S. The van der Waals surface area contributed by atoms with Gasteiger partial charge in [-0.05, 0) is 38.6 Å². The summed E-state index contributed by atoms with van der Waals surface area (Å²) in [4.78, 5) is 0. The Morgan fingerprint density at radius 2 is 1.78 bits per heavy atom. The van der Waals surface area contributed by atoms with Gasteiger partial charge in [0.05, 0.1) is 5.25 Å². The lowest BCUT2D eigenvalue weighted by Gasteiger charge is -2.35. The average molecular weight is 276 g/mol. The highest BCUT2D eigenvalue weighted by Gasteiger charge is 2.32. The van der Waals surface area contributed by atoms with Crippen molar-refractivity contribution < 1.29 is 8.42 Å². The van der Waals surface area contributed by atoms with E-state index in [1.807, 2.05) is 0 Å². The first-order valence-corrected chi connectivity index (χ1v) is 8.59. The van der Waals surface area contributed by atoms with Gasteiger partial charge in [-0.2, -0.15) is 0 Å². The van der Waals surface area contributed by atoms with Crippen LogP contribution in [0.5, 0.6) is 0 Å². The SMILES string of the molecule is CNCC(C)S(=O)(=O)NC1CCCCC1C(C)C. The van der Waals surface area contributed by atoms with Crippen LogP contribution in [0, 0.1) is 11.8 Å². The molecule has 0 spiro atoms. The summed E-state index contributed by atoms with van der Waals surface area (Å²) >= 11 is 0. The fourth-order valence-corrected chi connectivity index (χ4v) is 4.16. The number of nitrogens with one attached hydrogen (secondary N) is 2. The normalized spacial score (nSPS) is 27.4. The Kier molecular flexibility index (Phi) is 6.08. The summed E-state index contributed by atoms with van der Waals surface area (Å²) in [6.45, 7) is 6.63. The van der Waals surface area contributed by atoms with Crippen LogP contribution in [0.4, 0.5) is 0 Å². The van der Waals surface area contributed by atoms with Gasteiger partial charge in [-0.1, -0.05) is 26.7 Å². The molecule has 108 valence electrons. The van der Waals surface area contributed by atoms with E-state index < -0.39 is 10.0 Å². The van der Waals surface area contributed by atoms with Crippen molar-refractivity contribution in [1.82, 2.24) is 10.0 Å². The van der Waals surface area contributed by atoms with E-state index >= 15 is 0 Å². The minimum Gasteiger partial charge on any atom is -0.318 e. The molecule has 1 fully saturated rings. The molecule has 0 aromatic rings. The molecular weight excluding hydrogens is 248 g/mol. The zero-order chi connectivity index (χ0) is 13.8. The third-order valence-corrected chi connectivity index (χ3v) is 5.87. The topological polar surface area (TPSA) is 58.2 Å². The van der Waals surface area contributed by atoms with Crippen molar-refractivity contribution in [1.29, 1.82) is 0 Å². The van der Waals surface area contributed by atoms with Gasteiger partial charge < -0.3 is 5.32 Å². The summed E-state index contributed by atoms with van der Waals surface area (Å²) < 4.78 is 27.4. The van der Waals surface area contributed by atoms with Gasteiger partial charge in [0, 0.05) is 12.6 Å². The van der Waals surface area contributed by atoms with Crippen molar-refractivity contribution in [3.8, 4) is 0 Å². The summed E-state index contributed by atoms with van der Waals surface area (Å²) in [6, 6.07) is 0.128. The monoisotopic (exact) mass is 276 g/mol. The van der Waals surface area contributed by atoms with Crippen molar-refractivity contribution in [2.24, 2.45) is 11.8 Å². The third-order valence-electron chi connectivity index (χ3n) is 4.01. The Morgan fingerprint density at radius 3 is 2.33 bits per heavy atom. The van der Waals surface area contributed by atoms with Gasteiger partial charge in [0.15, 0.2) is 0 Å². The van der Waals surface area contributed by atoms with Crippen LogP contribution in [-0.2, 0) is 10.0 Å². The Bertz CT molecular complexity index is 341. The second kappa shape index (κ2) is 6.87. The number of hydrogen-bond acceptors (Lipinski definition) is 3. The molecule has 5 heteroatoms. The van der Waals surface area contributed by atoms with Crippen LogP contribution >= 0.6 is 0 Å². The summed E-state index contributed by atoms with van der Waals surface area (Å²) in [6.07, 6.45) is 4.49. The maximum atomic E-state index is 12.2. The molecule has 0 amide bonds. The molecule has 1 aliphatic rings. The van der Waals surface area contributed by atoms with Crippen molar-refractivity contribution >= 4 is 10.0 Å². The minimum atomic E-state index is -3.20. The lowest BCUT2D eigenvalue weighted by molar-refractivity contribution is 0.226. The molecule has 0 bridgehead atoms. The molecule has 0 aromatic carbocycles. The molecule has 4 nitrogen and oxygen atoms in total. The maximum Gasteiger partial charge on any atom is 0.215 e. The molecule has 0 radical (unpaired) electrons. The summed E-state index contributed by atoms with van der Waals surface area (Å²) in [5.41, 5.74) is 0. The van der Waals surface area contributed by atoms with Gasteiger partial charge in [0.25, 0.3) is 0 Å². The van der Waals surface area contributed by atoms with Crippen molar-refractivity contribution in [3.63, 3.8) is 0 Å². The van der Waals surface area contributed by atoms with Crippen molar-refractivity contribution in [3.05, 3.63) is 0 Å². The Balaban J connectivity index is 2.69. The van der Waals surface area contributed by atoms with Gasteiger partial charge in [0.2, 0.25) is 10.0 Å². The first kappa shape index (κ1) is 15.9. The largest absolute Gasteiger partial charge is 0.318 e. The first-order valence-electron chi connectivity index (χ1n) is 7.04.